The largest absolute Gasteiger partial charge is 1.00 e. The van der Waals surface area contributed by atoms with Crippen molar-refractivity contribution in [2.45, 2.75) is 45.4 Å². The second-order valence-corrected chi connectivity index (χ2v) is 7.33. The number of primary amides is 1. The third kappa shape index (κ3) is 30.6. The fraction of sp³-hybridized carbons (Fsp3) is 0.364. The average molecular weight is 461 g/mol. The Kier molecular flexibility index (Phi) is 25.1. The number of rotatable bonds is 11. The summed E-state index contributed by atoms with van der Waals surface area (Å²) < 4.78 is 30.5. The van der Waals surface area contributed by atoms with E-state index in [0.717, 1.165) is 19.0 Å². The van der Waals surface area contributed by atoms with Gasteiger partial charge in [0.25, 0.3) is 0 Å². The number of nitrogens with one attached hydrogen (secondary N) is 1. The van der Waals surface area contributed by atoms with E-state index in [9.17, 15) is 22.6 Å². The quantitative estimate of drug-likeness (QED) is 0.215. The van der Waals surface area contributed by atoms with Gasteiger partial charge < -0.3 is 15.6 Å². The Bertz CT molecular complexity index is 750. The van der Waals surface area contributed by atoms with Crippen LogP contribution in [0, 0.1) is 0 Å². The summed E-state index contributed by atoms with van der Waals surface area (Å²) in [5, 5.41) is 3.41. The van der Waals surface area contributed by atoms with Gasteiger partial charge in [-0.25, -0.2) is 8.42 Å². The first kappa shape index (κ1) is 33.9. The van der Waals surface area contributed by atoms with Gasteiger partial charge in [-0.1, -0.05) is 82.5 Å². The van der Waals surface area contributed by atoms with E-state index in [2.05, 4.69) is 31.1 Å². The molecule has 1 aromatic rings. The summed E-state index contributed by atoms with van der Waals surface area (Å²) in [6.45, 7) is 9.47. The Morgan fingerprint density at radius 3 is 2.00 bits per heavy atom. The molecular formula is C22H33N2NaO5S. The average Bonchev–Trinajstić information content (AvgIpc) is 2.72. The number of nitrogens with two attached hydrogens (primary N) is 1. The maximum Gasteiger partial charge on any atom is 1.00 e. The topological polar surface area (TPSA) is 129 Å². The summed E-state index contributed by atoms with van der Waals surface area (Å²) in [4.78, 5) is 20.2. The molecule has 0 saturated carbocycles. The van der Waals surface area contributed by atoms with Gasteiger partial charge in [-0.05, 0) is 30.2 Å². The van der Waals surface area contributed by atoms with E-state index < -0.39 is 16.0 Å². The van der Waals surface area contributed by atoms with Gasteiger partial charge in [0.1, 0.15) is 10.1 Å². The molecule has 0 aliphatic heterocycles. The molecule has 168 valence electrons. The number of unbranched alkanes of at least 4 members (excludes halogenated alkanes) is 5. The number of hydrogen-bond donors (Lipinski definition) is 2. The smallest absolute Gasteiger partial charge is 0.744 e. The van der Waals surface area contributed by atoms with Crippen LogP contribution in [-0.2, 0) is 19.7 Å². The Morgan fingerprint density at radius 2 is 1.55 bits per heavy atom. The molecule has 0 heterocycles. The molecule has 1 aromatic carbocycles. The van der Waals surface area contributed by atoms with Gasteiger partial charge in [-0.3, -0.25) is 9.59 Å². The van der Waals surface area contributed by atoms with E-state index in [4.69, 9.17) is 0 Å². The van der Waals surface area contributed by atoms with Gasteiger partial charge in [0, 0.05) is 12.0 Å². The first-order valence-electron chi connectivity index (χ1n) is 9.67. The summed E-state index contributed by atoms with van der Waals surface area (Å²) in [5.41, 5.74) is 5.23. The Balaban J connectivity index is -0.000000407. The van der Waals surface area contributed by atoms with Crippen LogP contribution in [0.3, 0.4) is 0 Å². The number of amides is 2. The van der Waals surface area contributed by atoms with Crippen molar-refractivity contribution in [3.8, 4) is 0 Å². The molecule has 1 rings (SSSR count). The summed E-state index contributed by atoms with van der Waals surface area (Å²) >= 11 is 0. The molecule has 0 bridgehead atoms. The van der Waals surface area contributed by atoms with Gasteiger partial charge in [0.15, 0.2) is 0 Å². The van der Waals surface area contributed by atoms with Gasteiger partial charge in [0.05, 0.1) is 0 Å². The van der Waals surface area contributed by atoms with Crippen molar-refractivity contribution in [3.63, 3.8) is 0 Å². The van der Waals surface area contributed by atoms with E-state index in [-0.39, 0.29) is 35.5 Å². The van der Waals surface area contributed by atoms with Gasteiger partial charge in [0.2, 0.25) is 11.8 Å². The van der Waals surface area contributed by atoms with E-state index >= 15 is 0 Å². The molecule has 31 heavy (non-hydrogen) atoms. The van der Waals surface area contributed by atoms with E-state index in [1.165, 1.54) is 44.3 Å². The van der Waals surface area contributed by atoms with Gasteiger partial charge in [-0.15, -0.1) is 0 Å². The zero-order chi connectivity index (χ0) is 23.3. The number of hydrogen-bond acceptors (Lipinski definition) is 5. The van der Waals surface area contributed by atoms with Crippen LogP contribution in [0.4, 0.5) is 0 Å². The molecular weight excluding hydrogens is 427 g/mol. The zero-order valence-electron chi connectivity index (χ0n) is 18.6. The molecule has 0 aliphatic rings. The fourth-order valence-electron chi connectivity index (χ4n) is 1.92. The van der Waals surface area contributed by atoms with Crippen molar-refractivity contribution in [1.29, 1.82) is 0 Å². The van der Waals surface area contributed by atoms with Crippen molar-refractivity contribution in [1.82, 2.24) is 5.32 Å². The maximum absolute atomic E-state index is 10.7. The Morgan fingerprint density at radius 1 is 1.03 bits per heavy atom. The Hall–Kier alpha value is -1.71. The van der Waals surface area contributed by atoms with Crippen molar-refractivity contribution in [2.24, 2.45) is 5.73 Å². The van der Waals surface area contributed by atoms with Crippen LogP contribution in [0.2, 0.25) is 0 Å². The third-order valence-electron chi connectivity index (χ3n) is 3.44. The van der Waals surface area contributed by atoms with Crippen LogP contribution in [-0.4, -0.2) is 31.3 Å². The summed E-state index contributed by atoms with van der Waals surface area (Å²) in [6, 6.07) is 8.75. The standard InChI is InChI=1S/C11H21NO.C8H8O3S.C3H5NO.Na/c1-3-5-6-7-8-9-10-12-11(13)4-2;9-12(10,11)7-6-8-4-2-1-3-5-8;1-2-3(4)5;/h4H,2-3,5-10H2,1H3,(H,12,13);1-7H,(H,9,10,11);2H,1H2,(H2,4,5);/q;;;+1/p-1. The third-order valence-corrected chi connectivity index (χ3v) is 3.91. The second-order valence-electron chi connectivity index (χ2n) is 6.08. The van der Waals surface area contributed by atoms with Crippen LogP contribution < -0.4 is 40.6 Å². The minimum atomic E-state index is -4.25. The first-order chi connectivity index (χ1) is 14.2. The molecule has 0 unspecified atom stereocenters. The molecule has 0 aromatic heterocycles. The predicted octanol–water partition coefficient (Wildman–Crippen LogP) is 0.513. The molecule has 0 spiro atoms. The first-order valence-corrected chi connectivity index (χ1v) is 11.1. The van der Waals surface area contributed by atoms with Crippen molar-refractivity contribution < 1.29 is 52.1 Å². The van der Waals surface area contributed by atoms with Crippen LogP contribution in [0.1, 0.15) is 51.0 Å². The maximum atomic E-state index is 10.7. The summed E-state index contributed by atoms with van der Waals surface area (Å²) in [6.07, 6.45) is 11.2. The Labute approximate surface area is 208 Å². The van der Waals surface area contributed by atoms with Crippen LogP contribution in [0.25, 0.3) is 6.08 Å². The number of carbonyl (C=O) groups is 2. The molecule has 2 amide bonds. The molecule has 0 fully saturated rings. The molecule has 0 saturated heterocycles. The van der Waals surface area contributed by atoms with E-state index in [1.54, 1.807) is 24.3 Å². The van der Waals surface area contributed by atoms with Crippen molar-refractivity contribution in [3.05, 3.63) is 66.6 Å². The minimum Gasteiger partial charge on any atom is -0.744 e. The minimum absolute atomic E-state index is 0. The van der Waals surface area contributed by atoms with E-state index in [0.29, 0.717) is 11.0 Å². The van der Waals surface area contributed by atoms with Gasteiger partial charge >= 0.3 is 29.6 Å². The van der Waals surface area contributed by atoms with E-state index in [1.807, 2.05) is 6.07 Å². The normalized spacial score (nSPS) is 9.74. The molecule has 3 N–H and O–H groups in total. The number of benzene rings is 1. The summed E-state index contributed by atoms with van der Waals surface area (Å²) in [5.74, 6) is -0.543. The van der Waals surface area contributed by atoms with Crippen molar-refractivity contribution >= 4 is 28.0 Å². The molecule has 0 aliphatic carbocycles. The van der Waals surface area contributed by atoms with Crippen molar-refractivity contribution in [2.75, 3.05) is 6.54 Å². The molecule has 7 nitrogen and oxygen atoms in total. The van der Waals surface area contributed by atoms with Crippen LogP contribution in [0.15, 0.2) is 61.0 Å². The second kappa shape index (κ2) is 23.0. The van der Waals surface area contributed by atoms with Gasteiger partial charge in [-0.2, -0.15) is 0 Å². The molecule has 0 atom stereocenters. The monoisotopic (exact) mass is 460 g/mol. The van der Waals surface area contributed by atoms with Crippen LogP contribution in [0.5, 0.6) is 0 Å². The van der Waals surface area contributed by atoms with Crippen LogP contribution >= 0.6 is 0 Å². The summed E-state index contributed by atoms with van der Waals surface area (Å²) in [7, 11) is -4.25. The molecule has 0 radical (unpaired) electrons. The fourth-order valence-corrected chi connectivity index (χ4v) is 2.24. The SMILES string of the molecule is C=CC(=O)NCCCCCCCC.C=CC(N)=O.O=S(=O)([O-])C=Cc1ccccc1.[Na+]. The predicted molar refractivity (Wildman–Crippen MR) is 121 cm³/mol. The zero-order valence-corrected chi connectivity index (χ0v) is 21.4. The number of carbonyl (C=O) groups excluding carboxylic acids is 2. The molecule has 9 heteroatoms.